The molecule has 5 heteroatoms. The lowest BCUT2D eigenvalue weighted by Gasteiger charge is -2.31. The minimum atomic E-state index is -0.570. The molecule has 120 valence electrons. The van der Waals surface area contributed by atoms with Gasteiger partial charge in [-0.05, 0) is 42.7 Å². The van der Waals surface area contributed by atoms with Crippen molar-refractivity contribution in [2.75, 3.05) is 6.54 Å². The summed E-state index contributed by atoms with van der Waals surface area (Å²) in [5.41, 5.74) is 2.53. The van der Waals surface area contributed by atoms with Crippen LogP contribution in [0.2, 0.25) is 5.02 Å². The van der Waals surface area contributed by atoms with Gasteiger partial charge in [0.1, 0.15) is 5.75 Å². The van der Waals surface area contributed by atoms with Crippen LogP contribution in [0.1, 0.15) is 18.1 Å². The molecule has 1 atom stereocenters. The predicted molar refractivity (Wildman–Crippen MR) is 94.8 cm³/mol. The lowest BCUT2D eigenvalue weighted by molar-refractivity contribution is -0.138. The fraction of sp³-hybridized carbons (Fsp3) is 0.278. The molecule has 2 aromatic carbocycles. The van der Waals surface area contributed by atoms with E-state index in [1.165, 1.54) is 11.1 Å². The second-order valence-electron chi connectivity index (χ2n) is 5.61. The average molecular weight is 395 g/mol. The lowest BCUT2D eigenvalue weighted by atomic mass is 9.99. The first-order valence-electron chi connectivity index (χ1n) is 7.52. The number of rotatable bonds is 3. The van der Waals surface area contributed by atoms with Crippen molar-refractivity contribution in [3.63, 3.8) is 0 Å². The summed E-state index contributed by atoms with van der Waals surface area (Å²) in [6, 6.07) is 13.6. The quantitative estimate of drug-likeness (QED) is 0.769. The molecular weight excluding hydrogens is 378 g/mol. The first kappa shape index (κ1) is 16.3. The van der Waals surface area contributed by atoms with Crippen LogP contribution in [0, 0.1) is 0 Å². The Morgan fingerprint density at radius 1 is 1.26 bits per heavy atom. The summed E-state index contributed by atoms with van der Waals surface area (Å²) in [7, 11) is 0. The first-order valence-corrected chi connectivity index (χ1v) is 8.69. The van der Waals surface area contributed by atoms with Gasteiger partial charge in [0.2, 0.25) is 0 Å². The maximum Gasteiger partial charge on any atom is 0.263 e. The zero-order valence-electron chi connectivity index (χ0n) is 12.8. The lowest BCUT2D eigenvalue weighted by Crippen LogP contribution is -2.43. The molecule has 0 saturated carbocycles. The van der Waals surface area contributed by atoms with Gasteiger partial charge in [0.25, 0.3) is 5.91 Å². The molecule has 3 rings (SSSR count). The number of hydrogen-bond donors (Lipinski definition) is 0. The molecule has 0 radical (unpaired) electrons. The van der Waals surface area contributed by atoms with E-state index >= 15 is 0 Å². The maximum atomic E-state index is 12.6. The molecular formula is C18H17BrClNO2. The number of fused-ring (bicyclic) bond motifs is 1. The number of carbonyl (C=O) groups excluding carboxylic acids is 1. The van der Waals surface area contributed by atoms with Crippen molar-refractivity contribution in [3.8, 4) is 5.75 Å². The molecule has 1 heterocycles. The Labute approximate surface area is 149 Å². The van der Waals surface area contributed by atoms with E-state index in [-0.39, 0.29) is 5.91 Å². The zero-order chi connectivity index (χ0) is 16.4. The molecule has 1 aliphatic rings. The number of ether oxygens (including phenoxy) is 1. The molecule has 0 aliphatic carbocycles. The zero-order valence-corrected chi connectivity index (χ0v) is 15.1. The van der Waals surface area contributed by atoms with Crippen molar-refractivity contribution in [2.24, 2.45) is 0 Å². The van der Waals surface area contributed by atoms with E-state index in [0.717, 1.165) is 17.4 Å². The molecule has 1 aliphatic heterocycles. The van der Waals surface area contributed by atoms with Gasteiger partial charge in [0.05, 0.1) is 5.02 Å². The summed E-state index contributed by atoms with van der Waals surface area (Å²) in [5, 5.41) is 0.489. The summed E-state index contributed by atoms with van der Waals surface area (Å²) in [4.78, 5) is 14.5. The minimum absolute atomic E-state index is 0.0153. The number of benzene rings is 2. The molecule has 0 unspecified atom stereocenters. The van der Waals surface area contributed by atoms with Crippen molar-refractivity contribution in [3.05, 3.63) is 63.1 Å². The number of carbonyl (C=O) groups is 1. The van der Waals surface area contributed by atoms with Crippen LogP contribution in [0.3, 0.4) is 0 Å². The van der Waals surface area contributed by atoms with E-state index in [9.17, 15) is 4.79 Å². The normalized spacial score (nSPS) is 15.0. The van der Waals surface area contributed by atoms with Crippen molar-refractivity contribution in [1.29, 1.82) is 0 Å². The highest BCUT2D eigenvalue weighted by Gasteiger charge is 2.26. The Balaban J connectivity index is 1.68. The monoisotopic (exact) mass is 393 g/mol. The van der Waals surface area contributed by atoms with Gasteiger partial charge >= 0.3 is 0 Å². The SMILES string of the molecule is C[C@H](Oc1ccc(Br)cc1Cl)C(=O)N1CCc2ccccc2C1. The molecule has 2 aromatic rings. The Morgan fingerprint density at radius 2 is 2.00 bits per heavy atom. The topological polar surface area (TPSA) is 29.5 Å². The summed E-state index contributed by atoms with van der Waals surface area (Å²) < 4.78 is 6.64. The second-order valence-corrected chi connectivity index (χ2v) is 6.94. The van der Waals surface area contributed by atoms with Crippen LogP contribution in [-0.2, 0) is 17.8 Å². The minimum Gasteiger partial charge on any atom is -0.479 e. The third-order valence-electron chi connectivity index (χ3n) is 3.99. The van der Waals surface area contributed by atoms with Gasteiger partial charge in [0, 0.05) is 17.6 Å². The van der Waals surface area contributed by atoms with E-state index in [1.807, 2.05) is 23.1 Å². The van der Waals surface area contributed by atoms with Crippen molar-refractivity contribution < 1.29 is 9.53 Å². The third-order valence-corrected chi connectivity index (χ3v) is 4.78. The molecule has 0 spiro atoms. The van der Waals surface area contributed by atoms with E-state index in [2.05, 4.69) is 28.1 Å². The fourth-order valence-corrected chi connectivity index (χ4v) is 3.47. The van der Waals surface area contributed by atoms with Crippen LogP contribution in [0.15, 0.2) is 46.9 Å². The Morgan fingerprint density at radius 3 is 2.74 bits per heavy atom. The molecule has 0 N–H and O–H groups in total. The van der Waals surface area contributed by atoms with Crippen LogP contribution < -0.4 is 4.74 Å². The van der Waals surface area contributed by atoms with E-state index in [4.69, 9.17) is 16.3 Å². The first-order chi connectivity index (χ1) is 11.0. The van der Waals surface area contributed by atoms with E-state index in [1.54, 1.807) is 19.1 Å². The smallest absolute Gasteiger partial charge is 0.263 e. The molecule has 0 fully saturated rings. The summed E-state index contributed by atoms with van der Waals surface area (Å²) in [6.07, 6.45) is 0.312. The van der Waals surface area contributed by atoms with Crippen LogP contribution in [0.5, 0.6) is 5.75 Å². The number of halogens is 2. The third kappa shape index (κ3) is 3.70. The number of nitrogens with zero attached hydrogens (tertiary/aromatic N) is 1. The molecule has 0 bridgehead atoms. The molecule has 1 amide bonds. The Kier molecular flexibility index (Phi) is 4.93. The van der Waals surface area contributed by atoms with Crippen LogP contribution in [-0.4, -0.2) is 23.5 Å². The predicted octanol–water partition coefficient (Wildman–Crippen LogP) is 4.45. The largest absolute Gasteiger partial charge is 0.479 e. The summed E-state index contributed by atoms with van der Waals surface area (Å²) >= 11 is 9.51. The van der Waals surface area contributed by atoms with Crippen molar-refractivity contribution in [1.82, 2.24) is 4.90 Å². The van der Waals surface area contributed by atoms with Crippen LogP contribution in [0.4, 0.5) is 0 Å². The van der Waals surface area contributed by atoms with Gasteiger partial charge in [0.15, 0.2) is 6.10 Å². The Hall–Kier alpha value is -1.52. The van der Waals surface area contributed by atoms with Gasteiger partial charge in [-0.25, -0.2) is 0 Å². The van der Waals surface area contributed by atoms with Crippen molar-refractivity contribution >= 4 is 33.4 Å². The second kappa shape index (κ2) is 6.93. The number of hydrogen-bond acceptors (Lipinski definition) is 2. The van der Waals surface area contributed by atoms with Crippen LogP contribution >= 0.6 is 27.5 Å². The molecule has 23 heavy (non-hydrogen) atoms. The average Bonchev–Trinajstić information content (AvgIpc) is 2.56. The van der Waals surface area contributed by atoms with Crippen molar-refractivity contribution in [2.45, 2.75) is 26.0 Å². The van der Waals surface area contributed by atoms with Gasteiger partial charge in [-0.3, -0.25) is 4.79 Å². The van der Waals surface area contributed by atoms with E-state index < -0.39 is 6.10 Å². The fourth-order valence-electron chi connectivity index (χ4n) is 2.75. The van der Waals surface area contributed by atoms with E-state index in [0.29, 0.717) is 17.3 Å². The Bertz CT molecular complexity index is 735. The number of amides is 1. The summed E-state index contributed by atoms with van der Waals surface area (Å²) in [6.45, 7) is 3.12. The highest BCUT2D eigenvalue weighted by Crippen LogP contribution is 2.29. The molecule has 0 saturated heterocycles. The van der Waals surface area contributed by atoms with Gasteiger partial charge in [-0.2, -0.15) is 0 Å². The van der Waals surface area contributed by atoms with Gasteiger partial charge < -0.3 is 9.64 Å². The maximum absolute atomic E-state index is 12.6. The standard InChI is InChI=1S/C18H17BrClNO2/c1-12(23-17-7-6-15(19)10-16(17)20)18(22)21-9-8-13-4-2-3-5-14(13)11-21/h2-7,10,12H,8-9,11H2,1H3/t12-/m0/s1. The van der Waals surface area contributed by atoms with Gasteiger partial charge in [-0.1, -0.05) is 51.8 Å². The van der Waals surface area contributed by atoms with Crippen LogP contribution in [0.25, 0.3) is 0 Å². The highest BCUT2D eigenvalue weighted by molar-refractivity contribution is 9.10. The van der Waals surface area contributed by atoms with Gasteiger partial charge in [-0.15, -0.1) is 0 Å². The molecule has 0 aromatic heterocycles. The summed E-state index contributed by atoms with van der Waals surface area (Å²) in [5.74, 6) is 0.506. The molecule has 3 nitrogen and oxygen atoms in total. The highest BCUT2D eigenvalue weighted by atomic mass is 79.9.